The van der Waals surface area contributed by atoms with Crippen LogP contribution < -0.4 is 4.72 Å². The summed E-state index contributed by atoms with van der Waals surface area (Å²) < 4.78 is 40.1. The predicted molar refractivity (Wildman–Crippen MR) is 135 cm³/mol. The van der Waals surface area contributed by atoms with Crippen molar-refractivity contribution in [2.45, 2.75) is 109 Å². The second kappa shape index (κ2) is 11.2. The Kier molecular flexibility index (Phi) is 8.89. The van der Waals surface area contributed by atoms with Crippen molar-refractivity contribution in [1.29, 1.82) is 0 Å². The molecule has 1 saturated heterocycles. The summed E-state index contributed by atoms with van der Waals surface area (Å²) in [4.78, 5) is 14.8. The molecule has 1 aromatic rings. The van der Waals surface area contributed by atoms with E-state index < -0.39 is 51.4 Å². The Morgan fingerprint density at radius 2 is 1.83 bits per heavy atom. The quantitative estimate of drug-likeness (QED) is 0.544. The van der Waals surface area contributed by atoms with Gasteiger partial charge in [-0.25, -0.2) is 17.9 Å². The lowest BCUT2D eigenvalue weighted by Gasteiger charge is -2.37. The number of nitrogens with zero attached hydrogens (tertiary/aromatic N) is 1. The Morgan fingerprint density at radius 3 is 2.43 bits per heavy atom. The molecule has 9 heteroatoms. The molecule has 1 aliphatic carbocycles. The maximum Gasteiger partial charge on any atom is 0.412 e. The maximum absolute atomic E-state index is 13.3. The van der Waals surface area contributed by atoms with Gasteiger partial charge in [-0.1, -0.05) is 62.4 Å². The van der Waals surface area contributed by atoms with Crippen LogP contribution in [-0.2, 0) is 26.0 Å². The molecule has 1 saturated carbocycles. The van der Waals surface area contributed by atoms with Gasteiger partial charge in [-0.05, 0) is 52.5 Å². The minimum absolute atomic E-state index is 0.141. The van der Waals surface area contributed by atoms with Crippen molar-refractivity contribution in [1.82, 2.24) is 9.62 Å². The van der Waals surface area contributed by atoms with Gasteiger partial charge in [0.1, 0.15) is 17.4 Å². The number of aliphatic hydroxyl groups excluding tert-OH is 1. The first kappa shape index (κ1) is 27.9. The summed E-state index contributed by atoms with van der Waals surface area (Å²) in [6.45, 7) is 9.09. The van der Waals surface area contributed by atoms with E-state index in [9.17, 15) is 18.3 Å². The monoisotopic (exact) mass is 510 g/mol. The third kappa shape index (κ3) is 7.90. The molecule has 198 valence electrons. The highest BCUT2D eigenvalue weighted by Crippen LogP contribution is 2.40. The highest BCUT2D eigenvalue weighted by molar-refractivity contribution is 7.89. The minimum Gasteiger partial charge on any atom is -0.444 e. The fourth-order valence-electron chi connectivity index (χ4n) is 5.19. The Bertz CT molecular complexity index is 938. The second-order valence-corrected chi connectivity index (χ2v) is 13.2. The third-order valence-corrected chi connectivity index (χ3v) is 8.08. The number of amides is 1. The fraction of sp³-hybridized carbons (Fsp3) is 0.731. The Labute approximate surface area is 210 Å². The molecule has 0 spiro atoms. The van der Waals surface area contributed by atoms with E-state index in [4.69, 9.17) is 9.47 Å². The molecular formula is C26H42N2O6S. The lowest BCUT2D eigenvalue weighted by atomic mass is 9.83. The lowest BCUT2D eigenvalue weighted by Crippen LogP contribution is -2.52. The van der Waals surface area contributed by atoms with E-state index in [2.05, 4.69) is 4.72 Å². The lowest BCUT2D eigenvalue weighted by molar-refractivity contribution is -0.0995. The molecule has 1 aromatic carbocycles. The van der Waals surface area contributed by atoms with Crippen LogP contribution in [0.15, 0.2) is 30.3 Å². The zero-order valence-electron chi connectivity index (χ0n) is 21.7. The standard InChI is InChI=1S/C26H42N2O6S/c1-25(2,3)34-24(30)28-21(16-19-12-8-6-9-13-19)23(33-26(28,4)5)22(29)18-35(31,32)27-17-20-14-10-7-11-15-20/h7,10-11,14-15,19,21-23,27,29H,6,8-9,12-13,16-18H2,1-5H3/t21-,22+,23+/m0/s1. The number of rotatable bonds is 8. The molecule has 3 rings (SSSR count). The van der Waals surface area contributed by atoms with Crippen molar-refractivity contribution >= 4 is 16.1 Å². The fourth-order valence-corrected chi connectivity index (χ4v) is 6.33. The average molecular weight is 511 g/mol. The molecule has 0 radical (unpaired) electrons. The molecule has 8 nitrogen and oxygen atoms in total. The molecule has 2 fully saturated rings. The summed E-state index contributed by atoms with van der Waals surface area (Å²) in [6, 6.07) is 8.73. The van der Waals surface area contributed by atoms with Crippen LogP contribution in [0.25, 0.3) is 0 Å². The molecule has 2 aliphatic rings. The molecule has 3 atom stereocenters. The highest BCUT2D eigenvalue weighted by Gasteiger charge is 2.54. The normalized spacial score (nSPS) is 24.3. The highest BCUT2D eigenvalue weighted by atomic mass is 32.2. The van der Waals surface area contributed by atoms with Crippen molar-refractivity contribution in [2.75, 3.05) is 5.75 Å². The first-order chi connectivity index (χ1) is 16.3. The predicted octanol–water partition coefficient (Wildman–Crippen LogP) is 4.18. The summed E-state index contributed by atoms with van der Waals surface area (Å²) in [6.07, 6.45) is 3.58. The first-order valence-electron chi connectivity index (χ1n) is 12.7. The molecular weight excluding hydrogens is 468 g/mol. The van der Waals surface area contributed by atoms with Gasteiger partial charge in [0.25, 0.3) is 0 Å². The number of benzene rings is 1. The van der Waals surface area contributed by atoms with Gasteiger partial charge in [0.15, 0.2) is 0 Å². The van der Waals surface area contributed by atoms with E-state index >= 15 is 0 Å². The Morgan fingerprint density at radius 1 is 1.20 bits per heavy atom. The number of hydrogen-bond acceptors (Lipinski definition) is 6. The van der Waals surface area contributed by atoms with Gasteiger partial charge in [-0.2, -0.15) is 0 Å². The molecule has 2 N–H and O–H groups in total. The van der Waals surface area contributed by atoms with E-state index in [-0.39, 0.29) is 6.54 Å². The molecule has 0 bridgehead atoms. The van der Waals surface area contributed by atoms with Crippen LogP contribution in [0.4, 0.5) is 4.79 Å². The van der Waals surface area contributed by atoms with Crippen LogP contribution in [0, 0.1) is 5.92 Å². The molecule has 1 amide bonds. The number of ether oxygens (including phenoxy) is 2. The van der Waals surface area contributed by atoms with Crippen molar-refractivity contribution in [2.24, 2.45) is 5.92 Å². The van der Waals surface area contributed by atoms with Crippen LogP contribution in [0.5, 0.6) is 0 Å². The van der Waals surface area contributed by atoms with Gasteiger partial charge >= 0.3 is 6.09 Å². The van der Waals surface area contributed by atoms with Crippen LogP contribution in [0.2, 0.25) is 0 Å². The molecule has 0 unspecified atom stereocenters. The van der Waals surface area contributed by atoms with E-state index in [1.807, 2.05) is 51.1 Å². The van der Waals surface area contributed by atoms with Gasteiger partial charge in [0, 0.05) is 6.54 Å². The van der Waals surface area contributed by atoms with E-state index in [1.165, 1.54) is 6.42 Å². The largest absolute Gasteiger partial charge is 0.444 e. The number of aliphatic hydroxyl groups is 1. The summed E-state index contributed by atoms with van der Waals surface area (Å²) >= 11 is 0. The third-order valence-electron chi connectivity index (χ3n) is 6.71. The van der Waals surface area contributed by atoms with Crippen molar-refractivity contribution in [3.8, 4) is 0 Å². The smallest absolute Gasteiger partial charge is 0.412 e. The zero-order chi connectivity index (χ0) is 25.9. The summed E-state index contributed by atoms with van der Waals surface area (Å²) in [5.41, 5.74) is -0.909. The number of hydrogen-bond donors (Lipinski definition) is 2. The second-order valence-electron chi connectivity index (χ2n) is 11.3. The molecule has 1 heterocycles. The Balaban J connectivity index is 1.78. The van der Waals surface area contributed by atoms with Crippen LogP contribution in [0.3, 0.4) is 0 Å². The van der Waals surface area contributed by atoms with Crippen molar-refractivity contribution < 1.29 is 27.8 Å². The van der Waals surface area contributed by atoms with Gasteiger partial charge in [-0.3, -0.25) is 4.90 Å². The molecule has 1 aliphatic heterocycles. The SMILES string of the molecule is CC(C)(C)OC(=O)N1[C@@H](CC2CCCCC2)[C@H]([C@H](O)CS(=O)(=O)NCc2ccccc2)OC1(C)C. The minimum atomic E-state index is -3.79. The number of carbonyl (C=O) groups is 1. The van der Waals surface area contributed by atoms with Gasteiger partial charge in [0.2, 0.25) is 10.0 Å². The summed E-state index contributed by atoms with van der Waals surface area (Å²) in [5, 5.41) is 11.1. The zero-order valence-corrected chi connectivity index (χ0v) is 22.5. The number of nitrogens with one attached hydrogen (secondary N) is 1. The van der Waals surface area contributed by atoms with E-state index in [0.29, 0.717) is 12.3 Å². The molecule has 35 heavy (non-hydrogen) atoms. The van der Waals surface area contributed by atoms with Gasteiger partial charge < -0.3 is 14.6 Å². The van der Waals surface area contributed by atoms with Crippen LogP contribution in [-0.4, -0.2) is 59.8 Å². The topological polar surface area (TPSA) is 105 Å². The van der Waals surface area contributed by atoms with Crippen LogP contribution >= 0.6 is 0 Å². The first-order valence-corrected chi connectivity index (χ1v) is 14.3. The maximum atomic E-state index is 13.3. The number of carbonyl (C=O) groups excluding carboxylic acids is 1. The van der Waals surface area contributed by atoms with E-state index in [1.54, 1.807) is 18.7 Å². The van der Waals surface area contributed by atoms with Gasteiger partial charge in [0.05, 0.1) is 17.9 Å². The number of sulfonamides is 1. The molecule has 0 aromatic heterocycles. The summed E-state index contributed by atoms with van der Waals surface area (Å²) in [7, 11) is -3.79. The average Bonchev–Trinajstić information content (AvgIpc) is 3.02. The summed E-state index contributed by atoms with van der Waals surface area (Å²) in [5.74, 6) is -0.122. The van der Waals surface area contributed by atoms with E-state index in [0.717, 1.165) is 31.2 Å². The Hall–Kier alpha value is -1.68. The van der Waals surface area contributed by atoms with Crippen molar-refractivity contribution in [3.05, 3.63) is 35.9 Å². The van der Waals surface area contributed by atoms with Crippen LogP contribution in [0.1, 0.15) is 78.7 Å². The van der Waals surface area contributed by atoms with Gasteiger partial charge in [-0.15, -0.1) is 0 Å². The van der Waals surface area contributed by atoms with Crippen molar-refractivity contribution in [3.63, 3.8) is 0 Å².